The molecule has 25 heavy (non-hydrogen) atoms. The zero-order chi connectivity index (χ0) is 18.0. The molecule has 0 bridgehead atoms. The molecule has 1 aromatic carbocycles. The Morgan fingerprint density at radius 1 is 1.28 bits per heavy atom. The lowest BCUT2D eigenvalue weighted by Gasteiger charge is -2.04. The van der Waals surface area contributed by atoms with Crippen molar-refractivity contribution in [3.8, 4) is 5.69 Å². The lowest BCUT2D eigenvalue weighted by Crippen LogP contribution is -2.14. The highest BCUT2D eigenvalue weighted by atomic mass is 35.5. The van der Waals surface area contributed by atoms with Crippen LogP contribution in [0.1, 0.15) is 25.7 Å². The molecule has 0 unspecified atom stereocenters. The SMILES string of the molecule is Cc1nn(-c2ccc(F)cc2)c(Cl)c1C(=O)OCC(=O)c1cccs1. The summed E-state index contributed by atoms with van der Waals surface area (Å²) < 4.78 is 19.4. The van der Waals surface area contributed by atoms with Crippen molar-refractivity contribution in [3.05, 3.63) is 68.9 Å². The minimum atomic E-state index is -0.735. The number of hydrogen-bond acceptors (Lipinski definition) is 5. The van der Waals surface area contributed by atoms with E-state index >= 15 is 0 Å². The van der Waals surface area contributed by atoms with Gasteiger partial charge in [0.2, 0.25) is 5.78 Å². The fourth-order valence-electron chi connectivity index (χ4n) is 2.20. The van der Waals surface area contributed by atoms with E-state index in [4.69, 9.17) is 16.3 Å². The predicted octanol–water partition coefficient (Wildman–Crippen LogP) is 4.07. The summed E-state index contributed by atoms with van der Waals surface area (Å²) >= 11 is 7.51. The van der Waals surface area contributed by atoms with Gasteiger partial charge in [-0.2, -0.15) is 5.10 Å². The molecule has 0 aliphatic carbocycles. The molecule has 0 aliphatic rings. The number of aromatic nitrogens is 2. The van der Waals surface area contributed by atoms with Crippen LogP contribution in [0.2, 0.25) is 5.15 Å². The second-order valence-corrected chi connectivity index (χ2v) is 6.42. The molecule has 3 rings (SSSR count). The van der Waals surface area contributed by atoms with Crippen LogP contribution in [0, 0.1) is 12.7 Å². The van der Waals surface area contributed by atoms with Gasteiger partial charge in [-0.15, -0.1) is 11.3 Å². The Morgan fingerprint density at radius 2 is 2.00 bits per heavy atom. The zero-order valence-electron chi connectivity index (χ0n) is 13.0. The molecule has 0 radical (unpaired) electrons. The molecule has 0 N–H and O–H groups in total. The second kappa shape index (κ2) is 7.16. The highest BCUT2D eigenvalue weighted by Crippen LogP contribution is 2.24. The van der Waals surface area contributed by atoms with Crippen LogP contribution < -0.4 is 0 Å². The summed E-state index contributed by atoms with van der Waals surface area (Å²) in [5.41, 5.74) is 0.927. The average Bonchev–Trinajstić information content (AvgIpc) is 3.22. The number of ketones is 1. The quantitative estimate of drug-likeness (QED) is 0.496. The van der Waals surface area contributed by atoms with Crippen LogP contribution >= 0.6 is 22.9 Å². The minimum absolute atomic E-state index is 0.0395. The van der Waals surface area contributed by atoms with E-state index in [1.54, 1.807) is 24.4 Å². The third-order valence-corrected chi connectivity index (χ3v) is 4.67. The van der Waals surface area contributed by atoms with E-state index in [0.717, 1.165) is 0 Å². The molecule has 0 fully saturated rings. The number of thiophene rings is 1. The van der Waals surface area contributed by atoms with Gasteiger partial charge in [-0.3, -0.25) is 4.79 Å². The number of esters is 1. The van der Waals surface area contributed by atoms with Gasteiger partial charge in [-0.1, -0.05) is 17.7 Å². The molecule has 2 aromatic heterocycles. The van der Waals surface area contributed by atoms with Gasteiger partial charge in [0.05, 0.1) is 16.3 Å². The van der Waals surface area contributed by atoms with Crippen molar-refractivity contribution in [2.24, 2.45) is 0 Å². The number of hydrogen-bond donors (Lipinski definition) is 0. The van der Waals surface area contributed by atoms with Crippen LogP contribution in [-0.2, 0) is 4.74 Å². The minimum Gasteiger partial charge on any atom is -0.454 e. The van der Waals surface area contributed by atoms with E-state index < -0.39 is 11.8 Å². The molecule has 0 aliphatic heterocycles. The first-order valence-electron chi connectivity index (χ1n) is 7.22. The maximum Gasteiger partial charge on any atom is 0.343 e. The van der Waals surface area contributed by atoms with Crippen molar-refractivity contribution in [2.45, 2.75) is 6.92 Å². The number of benzene rings is 1. The number of halogens is 2. The molecule has 128 valence electrons. The van der Waals surface area contributed by atoms with Gasteiger partial charge in [0, 0.05) is 0 Å². The first kappa shape index (κ1) is 17.3. The molecule has 0 amide bonds. The Labute approximate surface area is 151 Å². The van der Waals surface area contributed by atoms with Crippen LogP contribution in [0.3, 0.4) is 0 Å². The average molecular weight is 379 g/mol. The molecular weight excluding hydrogens is 367 g/mol. The van der Waals surface area contributed by atoms with Gasteiger partial charge < -0.3 is 4.74 Å². The highest BCUT2D eigenvalue weighted by Gasteiger charge is 2.23. The molecular formula is C17H12ClFN2O3S. The van der Waals surface area contributed by atoms with Crippen LogP contribution in [0.4, 0.5) is 4.39 Å². The van der Waals surface area contributed by atoms with E-state index in [1.165, 1.54) is 40.3 Å². The lowest BCUT2D eigenvalue weighted by atomic mass is 10.2. The van der Waals surface area contributed by atoms with Crippen LogP contribution in [0.15, 0.2) is 41.8 Å². The number of nitrogens with zero attached hydrogens (tertiary/aromatic N) is 2. The summed E-state index contributed by atoms with van der Waals surface area (Å²) in [5.74, 6) is -1.42. The molecule has 8 heteroatoms. The summed E-state index contributed by atoms with van der Waals surface area (Å²) in [7, 11) is 0. The third-order valence-electron chi connectivity index (χ3n) is 3.41. The first-order valence-corrected chi connectivity index (χ1v) is 8.48. The largest absolute Gasteiger partial charge is 0.454 e. The second-order valence-electron chi connectivity index (χ2n) is 5.12. The summed E-state index contributed by atoms with van der Waals surface area (Å²) in [6, 6.07) is 8.91. The fraction of sp³-hybridized carbons (Fsp3) is 0.118. The molecule has 0 spiro atoms. The van der Waals surface area contributed by atoms with Crippen molar-refractivity contribution in [1.82, 2.24) is 9.78 Å². The third kappa shape index (κ3) is 3.62. The molecule has 2 heterocycles. The number of carbonyl (C=O) groups is 2. The van der Waals surface area contributed by atoms with E-state index in [2.05, 4.69) is 5.10 Å². The smallest absolute Gasteiger partial charge is 0.343 e. The number of aryl methyl sites for hydroxylation is 1. The zero-order valence-corrected chi connectivity index (χ0v) is 14.6. The van der Waals surface area contributed by atoms with Crippen LogP contribution in [0.5, 0.6) is 0 Å². The van der Waals surface area contributed by atoms with Crippen molar-refractivity contribution in [2.75, 3.05) is 6.61 Å². The lowest BCUT2D eigenvalue weighted by molar-refractivity contribution is 0.0475. The number of Topliss-reactive ketones (excluding diaryl/α,β-unsaturated/α-hetero) is 1. The maximum absolute atomic E-state index is 13.0. The fourth-order valence-corrected chi connectivity index (χ4v) is 3.20. The maximum atomic E-state index is 13.0. The van der Waals surface area contributed by atoms with Crippen molar-refractivity contribution < 1.29 is 18.7 Å². The van der Waals surface area contributed by atoms with Crippen molar-refractivity contribution in [1.29, 1.82) is 0 Å². The summed E-state index contributed by atoms with van der Waals surface area (Å²) in [4.78, 5) is 24.7. The van der Waals surface area contributed by atoms with Gasteiger partial charge in [-0.05, 0) is 42.6 Å². The van der Waals surface area contributed by atoms with E-state index in [-0.39, 0.29) is 23.1 Å². The van der Waals surface area contributed by atoms with Gasteiger partial charge in [0.15, 0.2) is 6.61 Å². The van der Waals surface area contributed by atoms with Crippen LogP contribution in [-0.4, -0.2) is 28.1 Å². The van der Waals surface area contributed by atoms with Gasteiger partial charge >= 0.3 is 5.97 Å². The standard InChI is InChI=1S/C17H12ClFN2O3S/c1-10-15(17(23)24-9-13(22)14-3-2-8-25-14)16(18)21(20-10)12-6-4-11(19)5-7-12/h2-8H,9H2,1H3. The van der Waals surface area contributed by atoms with Gasteiger partial charge in [0.1, 0.15) is 16.5 Å². The summed E-state index contributed by atoms with van der Waals surface area (Å²) in [6.45, 7) is 1.22. The van der Waals surface area contributed by atoms with Gasteiger partial charge in [0.25, 0.3) is 0 Å². The van der Waals surface area contributed by atoms with E-state index in [9.17, 15) is 14.0 Å². The van der Waals surface area contributed by atoms with E-state index in [0.29, 0.717) is 16.3 Å². The number of ether oxygens (including phenoxy) is 1. The molecule has 3 aromatic rings. The van der Waals surface area contributed by atoms with Crippen molar-refractivity contribution >= 4 is 34.7 Å². The first-order chi connectivity index (χ1) is 12.0. The molecule has 5 nitrogen and oxygen atoms in total. The normalized spacial score (nSPS) is 10.7. The van der Waals surface area contributed by atoms with E-state index in [1.807, 2.05) is 0 Å². The molecule has 0 atom stereocenters. The Balaban J connectivity index is 1.79. The summed E-state index contributed by atoms with van der Waals surface area (Å²) in [5, 5.41) is 5.99. The summed E-state index contributed by atoms with van der Waals surface area (Å²) in [6.07, 6.45) is 0. The predicted molar refractivity (Wildman–Crippen MR) is 92.2 cm³/mol. The highest BCUT2D eigenvalue weighted by molar-refractivity contribution is 7.12. The Morgan fingerprint density at radius 3 is 2.64 bits per heavy atom. The van der Waals surface area contributed by atoms with Gasteiger partial charge in [-0.25, -0.2) is 13.9 Å². The Hall–Kier alpha value is -2.51. The molecule has 0 saturated heterocycles. The number of carbonyl (C=O) groups excluding carboxylic acids is 2. The Kier molecular flexibility index (Phi) is 4.96. The topological polar surface area (TPSA) is 61.2 Å². The van der Waals surface area contributed by atoms with Crippen LogP contribution in [0.25, 0.3) is 5.69 Å². The molecule has 0 saturated carbocycles. The number of rotatable bonds is 5. The Bertz CT molecular complexity index is 920. The van der Waals surface area contributed by atoms with Crippen molar-refractivity contribution in [3.63, 3.8) is 0 Å². The monoisotopic (exact) mass is 378 g/mol.